The average molecular weight is 333 g/mol. The number of rotatable bonds is 2. The van der Waals surface area contributed by atoms with Crippen molar-refractivity contribution in [3.05, 3.63) is 23.4 Å². The van der Waals surface area contributed by atoms with Gasteiger partial charge in [0, 0.05) is 24.8 Å². The van der Waals surface area contributed by atoms with E-state index in [1.54, 1.807) is 4.90 Å². The second-order valence-corrected chi connectivity index (χ2v) is 7.97. The number of aliphatic hydroxyl groups is 1. The van der Waals surface area contributed by atoms with Gasteiger partial charge in [-0.15, -0.1) is 0 Å². The molecule has 0 unspecified atom stereocenters. The number of carbonyl (C=O) groups excluding carboxylic acids is 1. The highest BCUT2D eigenvalue weighted by Gasteiger charge is 2.39. The molecule has 24 heavy (non-hydrogen) atoms. The molecule has 0 aromatic carbocycles. The maximum absolute atomic E-state index is 12.2. The van der Waals surface area contributed by atoms with E-state index in [1.807, 2.05) is 33.0 Å². The highest BCUT2D eigenvalue weighted by molar-refractivity contribution is 5.68. The third-order valence-electron chi connectivity index (χ3n) is 4.73. The van der Waals surface area contributed by atoms with Gasteiger partial charge in [-0.1, -0.05) is 0 Å². The van der Waals surface area contributed by atoms with Gasteiger partial charge < -0.3 is 20.5 Å². The third kappa shape index (κ3) is 3.64. The number of nitrogen functional groups attached to an aromatic ring is 1. The number of piperidine rings is 1. The van der Waals surface area contributed by atoms with E-state index in [9.17, 15) is 9.90 Å². The summed E-state index contributed by atoms with van der Waals surface area (Å²) in [6.07, 6.45) is 4.71. The van der Waals surface area contributed by atoms with E-state index in [1.165, 1.54) is 12.8 Å². The Labute approximate surface area is 143 Å². The Morgan fingerprint density at radius 2 is 2.00 bits per heavy atom. The summed E-state index contributed by atoms with van der Waals surface area (Å²) in [5.74, 6) is 0.940. The molecule has 0 radical (unpaired) electrons. The minimum absolute atomic E-state index is 0.331. The Morgan fingerprint density at radius 1 is 1.38 bits per heavy atom. The first-order valence-corrected chi connectivity index (χ1v) is 8.64. The van der Waals surface area contributed by atoms with Gasteiger partial charge in [0.15, 0.2) is 0 Å². The molecule has 1 amide bonds. The van der Waals surface area contributed by atoms with E-state index in [-0.39, 0.29) is 6.09 Å². The van der Waals surface area contributed by atoms with Crippen molar-refractivity contribution in [2.24, 2.45) is 0 Å². The molecule has 3 N–H and O–H groups in total. The first-order valence-electron chi connectivity index (χ1n) is 8.64. The van der Waals surface area contributed by atoms with Crippen LogP contribution in [0.25, 0.3) is 0 Å². The maximum atomic E-state index is 12.2. The standard InChI is InChI=1S/C18H27N3O3/c1-17(2,3)24-16(22)21-8-6-18(23,7-9-21)14-10-13(12-4-5-12)11-20-15(14)19/h10-12,23H,4-9H2,1-3H3,(H2,19,20). The molecule has 1 saturated heterocycles. The van der Waals surface area contributed by atoms with Crippen LogP contribution in [0.3, 0.4) is 0 Å². The highest BCUT2D eigenvalue weighted by Crippen LogP contribution is 2.43. The van der Waals surface area contributed by atoms with E-state index >= 15 is 0 Å². The van der Waals surface area contributed by atoms with Crippen LogP contribution in [0.5, 0.6) is 0 Å². The van der Waals surface area contributed by atoms with Gasteiger partial charge in [-0.2, -0.15) is 0 Å². The molecular formula is C18H27N3O3. The van der Waals surface area contributed by atoms with E-state index in [0.717, 1.165) is 5.56 Å². The smallest absolute Gasteiger partial charge is 0.410 e. The van der Waals surface area contributed by atoms with Crippen LogP contribution in [0.1, 0.15) is 63.5 Å². The second-order valence-electron chi connectivity index (χ2n) is 7.97. The Balaban J connectivity index is 1.70. The number of likely N-dealkylation sites (tertiary alicyclic amines) is 1. The largest absolute Gasteiger partial charge is 0.444 e. The molecule has 0 spiro atoms. The lowest BCUT2D eigenvalue weighted by Gasteiger charge is -2.39. The maximum Gasteiger partial charge on any atom is 0.410 e. The number of nitrogens with two attached hydrogens (primary N) is 1. The lowest BCUT2D eigenvalue weighted by atomic mass is 9.84. The summed E-state index contributed by atoms with van der Waals surface area (Å²) in [7, 11) is 0. The number of amides is 1. The van der Waals surface area contributed by atoms with E-state index < -0.39 is 11.2 Å². The van der Waals surface area contributed by atoms with Crippen molar-refractivity contribution >= 4 is 11.9 Å². The fourth-order valence-corrected chi connectivity index (χ4v) is 3.16. The molecule has 132 valence electrons. The second kappa shape index (κ2) is 5.92. The van der Waals surface area contributed by atoms with E-state index in [2.05, 4.69) is 4.98 Å². The number of pyridine rings is 1. The van der Waals surface area contributed by atoms with Crippen LogP contribution in [0, 0.1) is 0 Å². The van der Waals surface area contributed by atoms with Crippen LogP contribution in [0.2, 0.25) is 0 Å². The van der Waals surface area contributed by atoms with Gasteiger partial charge in [0.05, 0.1) is 5.60 Å². The summed E-state index contributed by atoms with van der Waals surface area (Å²) in [6, 6.07) is 2.00. The van der Waals surface area contributed by atoms with Crippen molar-refractivity contribution in [1.82, 2.24) is 9.88 Å². The normalized spacial score (nSPS) is 20.8. The summed E-state index contributed by atoms with van der Waals surface area (Å²) in [6.45, 7) is 6.43. The monoisotopic (exact) mass is 333 g/mol. The predicted molar refractivity (Wildman–Crippen MR) is 91.6 cm³/mol. The van der Waals surface area contributed by atoms with Gasteiger partial charge in [-0.3, -0.25) is 0 Å². The summed E-state index contributed by atoms with van der Waals surface area (Å²) in [4.78, 5) is 18.1. The van der Waals surface area contributed by atoms with Gasteiger partial charge in [0.1, 0.15) is 11.4 Å². The number of carbonyl (C=O) groups is 1. The van der Waals surface area contributed by atoms with Crippen molar-refractivity contribution in [3.8, 4) is 0 Å². The lowest BCUT2D eigenvalue weighted by molar-refractivity contribution is -0.0353. The molecule has 1 aliphatic heterocycles. The van der Waals surface area contributed by atoms with Crippen molar-refractivity contribution in [3.63, 3.8) is 0 Å². The van der Waals surface area contributed by atoms with E-state index in [4.69, 9.17) is 10.5 Å². The quantitative estimate of drug-likeness (QED) is 0.869. The molecule has 3 rings (SSSR count). The molecule has 0 bridgehead atoms. The zero-order chi connectivity index (χ0) is 17.5. The first-order chi connectivity index (χ1) is 11.2. The van der Waals surface area contributed by atoms with Crippen molar-refractivity contribution < 1.29 is 14.6 Å². The fourth-order valence-electron chi connectivity index (χ4n) is 3.16. The number of aromatic nitrogens is 1. The molecule has 2 fully saturated rings. The number of anilines is 1. The molecule has 6 nitrogen and oxygen atoms in total. The highest BCUT2D eigenvalue weighted by atomic mass is 16.6. The summed E-state index contributed by atoms with van der Waals surface area (Å²) in [5, 5.41) is 11.1. The first kappa shape index (κ1) is 17.0. The fraction of sp³-hybridized carbons (Fsp3) is 0.667. The molecule has 1 aliphatic carbocycles. The minimum Gasteiger partial charge on any atom is -0.444 e. The zero-order valence-electron chi connectivity index (χ0n) is 14.7. The van der Waals surface area contributed by atoms with Crippen LogP contribution in [-0.2, 0) is 10.3 Å². The van der Waals surface area contributed by atoms with Crippen LogP contribution in [-0.4, -0.2) is 39.8 Å². The average Bonchev–Trinajstić information content (AvgIpc) is 3.31. The lowest BCUT2D eigenvalue weighted by Crippen LogP contribution is -2.47. The molecular weight excluding hydrogens is 306 g/mol. The van der Waals surface area contributed by atoms with Crippen LogP contribution < -0.4 is 5.73 Å². The molecule has 2 heterocycles. The SMILES string of the molecule is CC(C)(C)OC(=O)N1CCC(O)(c2cc(C3CC3)cnc2N)CC1. The van der Waals surface area contributed by atoms with Crippen LogP contribution >= 0.6 is 0 Å². The van der Waals surface area contributed by atoms with E-state index in [0.29, 0.717) is 43.2 Å². The number of hydrogen-bond donors (Lipinski definition) is 2. The zero-order valence-corrected chi connectivity index (χ0v) is 14.7. The predicted octanol–water partition coefficient (Wildman–Crippen LogP) is 2.76. The Kier molecular flexibility index (Phi) is 4.20. The number of hydrogen-bond acceptors (Lipinski definition) is 5. The molecule has 6 heteroatoms. The Hall–Kier alpha value is -1.82. The number of nitrogens with zero attached hydrogens (tertiary/aromatic N) is 2. The van der Waals surface area contributed by atoms with Gasteiger partial charge in [0.25, 0.3) is 0 Å². The van der Waals surface area contributed by atoms with Crippen molar-refractivity contribution in [2.45, 2.75) is 63.6 Å². The molecule has 1 aromatic heterocycles. The van der Waals surface area contributed by atoms with Crippen molar-refractivity contribution in [2.75, 3.05) is 18.8 Å². The third-order valence-corrected chi connectivity index (χ3v) is 4.73. The van der Waals surface area contributed by atoms with Crippen LogP contribution in [0.4, 0.5) is 10.6 Å². The summed E-state index contributed by atoms with van der Waals surface area (Å²) in [5.41, 5.74) is 6.34. The number of ether oxygens (including phenoxy) is 1. The summed E-state index contributed by atoms with van der Waals surface area (Å²) >= 11 is 0. The van der Waals surface area contributed by atoms with Crippen molar-refractivity contribution in [1.29, 1.82) is 0 Å². The summed E-state index contributed by atoms with van der Waals surface area (Å²) < 4.78 is 5.40. The molecule has 2 aliphatic rings. The molecule has 0 atom stereocenters. The molecule has 1 saturated carbocycles. The van der Waals surface area contributed by atoms with Gasteiger partial charge >= 0.3 is 6.09 Å². The minimum atomic E-state index is -1.03. The molecule has 1 aromatic rings. The van der Waals surface area contributed by atoms with Gasteiger partial charge in [-0.25, -0.2) is 9.78 Å². The van der Waals surface area contributed by atoms with Crippen LogP contribution in [0.15, 0.2) is 12.3 Å². The Bertz CT molecular complexity index is 627. The van der Waals surface area contributed by atoms with Gasteiger partial charge in [-0.05, 0) is 64.0 Å². The van der Waals surface area contributed by atoms with Gasteiger partial charge in [0.2, 0.25) is 0 Å². The Morgan fingerprint density at radius 3 is 2.54 bits per heavy atom. The topological polar surface area (TPSA) is 88.7 Å².